The normalized spacial score (nSPS) is 23.7. The number of nitrogens with one attached hydrogen (secondary N) is 1. The number of benzene rings is 2. The van der Waals surface area contributed by atoms with Gasteiger partial charge in [0.25, 0.3) is 5.91 Å². The summed E-state index contributed by atoms with van der Waals surface area (Å²) in [6.45, 7) is 9.74. The van der Waals surface area contributed by atoms with Gasteiger partial charge >= 0.3 is 5.97 Å². The Labute approximate surface area is 282 Å². The molecule has 0 radical (unpaired) electrons. The number of aliphatic hydroxyl groups excluding tert-OH is 1. The maximum Gasteiger partial charge on any atom is 0.303 e. The third-order valence-electron chi connectivity index (χ3n) is 7.81. The zero-order valence-electron chi connectivity index (χ0n) is 28.0. The van der Waals surface area contributed by atoms with E-state index in [9.17, 15) is 14.7 Å². The van der Waals surface area contributed by atoms with E-state index >= 15 is 0 Å². The molecule has 2 saturated heterocycles. The lowest BCUT2D eigenvalue weighted by Gasteiger charge is -2.38. The van der Waals surface area contributed by atoms with Gasteiger partial charge in [0, 0.05) is 44.2 Å². The number of hydrogen-bond donors (Lipinski definition) is 2. The topological polar surface area (TPSA) is 143 Å². The second-order valence-electron chi connectivity index (χ2n) is 11.6. The molecule has 0 spiro atoms. The van der Waals surface area contributed by atoms with Gasteiger partial charge in [-0.1, -0.05) is 36.4 Å². The van der Waals surface area contributed by atoms with Crippen LogP contribution in [0.2, 0.25) is 0 Å². The number of aliphatic hydroxyl groups is 1. The van der Waals surface area contributed by atoms with Gasteiger partial charge < -0.3 is 48.3 Å². The van der Waals surface area contributed by atoms with Gasteiger partial charge in [-0.05, 0) is 30.2 Å². The van der Waals surface area contributed by atoms with E-state index in [1.807, 2.05) is 36.4 Å². The fourth-order valence-electron chi connectivity index (χ4n) is 5.29. The fourth-order valence-corrected chi connectivity index (χ4v) is 5.29. The first kappa shape index (κ1) is 37.8. The number of hydrogen-bond acceptors (Lipinski definition) is 12. The van der Waals surface area contributed by atoms with Crippen LogP contribution in [0.15, 0.2) is 48.5 Å². The molecule has 0 saturated carbocycles. The van der Waals surface area contributed by atoms with Crippen molar-refractivity contribution in [3.05, 3.63) is 65.2 Å². The highest BCUT2D eigenvalue weighted by atomic mass is 16.7. The summed E-state index contributed by atoms with van der Waals surface area (Å²) in [5.41, 5.74) is 3.04. The first-order valence-electron chi connectivity index (χ1n) is 16.6. The molecule has 2 aromatic rings. The van der Waals surface area contributed by atoms with Crippen LogP contribution in [0.1, 0.15) is 49.4 Å². The van der Waals surface area contributed by atoms with Crippen LogP contribution in [0.3, 0.4) is 0 Å². The van der Waals surface area contributed by atoms with Crippen LogP contribution in [0.5, 0.6) is 0 Å². The SMILES string of the molecule is CC(=O)O[C@@H](C)C(=O)Nc1cccc(C2O[C@H](CN3CCOCCOCCOCCOCCOCC3)C[C@H](c3ccc(CO)cc3)O2)c1. The van der Waals surface area contributed by atoms with Crippen LogP contribution in [0, 0.1) is 0 Å². The lowest BCUT2D eigenvalue weighted by Crippen LogP contribution is -2.42. The highest BCUT2D eigenvalue weighted by Crippen LogP contribution is 2.38. The zero-order chi connectivity index (χ0) is 34.0. The Morgan fingerprint density at radius 1 is 0.833 bits per heavy atom. The van der Waals surface area contributed by atoms with E-state index < -0.39 is 24.3 Å². The summed E-state index contributed by atoms with van der Waals surface area (Å²) in [4.78, 5) is 26.2. The monoisotopic (exact) mass is 674 g/mol. The Bertz CT molecular complexity index is 1210. The molecular weight excluding hydrogens is 624 g/mol. The molecule has 2 heterocycles. The Kier molecular flexibility index (Phi) is 16.7. The Morgan fingerprint density at radius 3 is 1.98 bits per heavy atom. The van der Waals surface area contributed by atoms with Gasteiger partial charge in [-0.3, -0.25) is 14.5 Å². The minimum atomic E-state index is -0.941. The van der Waals surface area contributed by atoms with Gasteiger partial charge in [-0.25, -0.2) is 0 Å². The molecule has 2 aliphatic heterocycles. The Morgan fingerprint density at radius 2 is 1.42 bits per heavy atom. The third kappa shape index (κ3) is 13.5. The standard InChI is InChI=1S/C35H50N2O11/c1-26(46-27(2)39)34(40)36-31-5-3-4-30(22-31)35-47-32(23-33(48-35)29-8-6-28(25-38)7-9-29)24-37-10-12-41-14-16-43-18-20-45-21-19-44-17-15-42-13-11-37/h3-9,22,26,32-33,35,38H,10-21,23-25H2,1-2H3,(H,36,40)/t26-,32-,33+,35?/m0/s1. The molecular formula is C35H50N2O11. The first-order valence-corrected chi connectivity index (χ1v) is 16.6. The number of carbonyl (C=O) groups is 2. The molecule has 2 N–H and O–H groups in total. The molecule has 0 aromatic heterocycles. The molecule has 2 fully saturated rings. The average molecular weight is 675 g/mol. The van der Waals surface area contributed by atoms with Crippen LogP contribution >= 0.6 is 0 Å². The highest BCUT2D eigenvalue weighted by molar-refractivity contribution is 5.95. The fraction of sp³-hybridized carbons (Fsp3) is 0.600. The van der Waals surface area contributed by atoms with Gasteiger partial charge in [0.15, 0.2) is 12.4 Å². The number of ether oxygens (including phenoxy) is 8. The molecule has 13 nitrogen and oxygen atoms in total. The molecule has 2 aromatic carbocycles. The minimum absolute atomic E-state index is 0.0412. The molecule has 2 aliphatic rings. The van der Waals surface area contributed by atoms with E-state index in [0.717, 1.165) is 16.7 Å². The lowest BCUT2D eigenvalue weighted by molar-refractivity contribution is -0.253. The predicted octanol–water partition coefficient (Wildman–Crippen LogP) is 3.01. The Hall–Kier alpha value is -2.98. The zero-order valence-corrected chi connectivity index (χ0v) is 28.0. The van der Waals surface area contributed by atoms with Crippen molar-refractivity contribution < 1.29 is 52.6 Å². The quantitative estimate of drug-likeness (QED) is 0.398. The number of carbonyl (C=O) groups excluding carboxylic acids is 2. The van der Waals surface area contributed by atoms with Gasteiger partial charge in [0.2, 0.25) is 0 Å². The summed E-state index contributed by atoms with van der Waals surface area (Å²) in [6.07, 6.45) is -1.55. The summed E-state index contributed by atoms with van der Waals surface area (Å²) in [7, 11) is 0. The molecule has 266 valence electrons. The van der Waals surface area contributed by atoms with Gasteiger partial charge in [-0.15, -0.1) is 0 Å². The number of amides is 1. The van der Waals surface area contributed by atoms with Crippen LogP contribution in [-0.4, -0.2) is 120 Å². The molecule has 13 heteroatoms. The van der Waals surface area contributed by atoms with Crippen molar-refractivity contribution in [2.45, 2.75) is 51.5 Å². The molecule has 1 amide bonds. The number of rotatable bonds is 8. The van der Waals surface area contributed by atoms with E-state index in [1.165, 1.54) is 13.8 Å². The summed E-state index contributed by atoms with van der Waals surface area (Å²) in [5.74, 6) is -0.973. The van der Waals surface area contributed by atoms with Crippen molar-refractivity contribution in [1.29, 1.82) is 0 Å². The van der Waals surface area contributed by atoms with E-state index in [-0.39, 0.29) is 18.8 Å². The smallest absolute Gasteiger partial charge is 0.303 e. The summed E-state index contributed by atoms with van der Waals surface area (Å²) >= 11 is 0. The van der Waals surface area contributed by atoms with Gasteiger partial charge in [0.05, 0.1) is 84.9 Å². The molecule has 4 atom stereocenters. The van der Waals surface area contributed by atoms with Crippen LogP contribution in [0.4, 0.5) is 5.69 Å². The third-order valence-corrected chi connectivity index (χ3v) is 7.81. The molecule has 0 aliphatic carbocycles. The number of esters is 1. The Balaban J connectivity index is 1.46. The van der Waals surface area contributed by atoms with Crippen LogP contribution < -0.4 is 5.32 Å². The van der Waals surface area contributed by atoms with Crippen LogP contribution in [-0.2, 0) is 54.1 Å². The van der Waals surface area contributed by atoms with Crippen molar-refractivity contribution in [2.24, 2.45) is 0 Å². The minimum Gasteiger partial charge on any atom is -0.453 e. The summed E-state index contributed by atoms with van der Waals surface area (Å²) in [6, 6.07) is 15.0. The maximum atomic E-state index is 12.6. The molecule has 48 heavy (non-hydrogen) atoms. The number of anilines is 1. The first-order chi connectivity index (χ1) is 23.4. The van der Waals surface area contributed by atoms with Crippen LogP contribution in [0.25, 0.3) is 0 Å². The van der Waals surface area contributed by atoms with E-state index in [1.54, 1.807) is 12.1 Å². The predicted molar refractivity (Wildman–Crippen MR) is 175 cm³/mol. The van der Waals surface area contributed by atoms with Crippen molar-refractivity contribution in [1.82, 2.24) is 4.90 Å². The highest BCUT2D eigenvalue weighted by Gasteiger charge is 2.33. The maximum absolute atomic E-state index is 12.6. The van der Waals surface area contributed by atoms with E-state index in [4.69, 9.17) is 37.9 Å². The summed E-state index contributed by atoms with van der Waals surface area (Å²) in [5, 5.41) is 12.4. The average Bonchev–Trinajstić information content (AvgIpc) is 3.08. The molecule has 4 rings (SSSR count). The van der Waals surface area contributed by atoms with Gasteiger partial charge in [0.1, 0.15) is 0 Å². The van der Waals surface area contributed by atoms with Crippen molar-refractivity contribution in [2.75, 3.05) is 91.0 Å². The van der Waals surface area contributed by atoms with E-state index in [0.29, 0.717) is 97.8 Å². The molecule has 1 unspecified atom stereocenters. The van der Waals surface area contributed by atoms with Gasteiger partial charge in [-0.2, -0.15) is 0 Å². The molecule has 0 bridgehead atoms. The van der Waals surface area contributed by atoms with E-state index in [2.05, 4.69) is 10.2 Å². The van der Waals surface area contributed by atoms with Crippen molar-refractivity contribution in [3.8, 4) is 0 Å². The summed E-state index contributed by atoms with van der Waals surface area (Å²) < 4.78 is 46.5. The largest absolute Gasteiger partial charge is 0.453 e. The van der Waals surface area contributed by atoms with Crippen molar-refractivity contribution in [3.63, 3.8) is 0 Å². The second kappa shape index (κ2) is 21.2. The number of nitrogens with zero attached hydrogens (tertiary/aromatic N) is 1. The lowest BCUT2D eigenvalue weighted by atomic mass is 9.99. The van der Waals surface area contributed by atoms with Crippen molar-refractivity contribution >= 4 is 17.6 Å². The second-order valence-corrected chi connectivity index (χ2v) is 11.6.